The van der Waals surface area contributed by atoms with Gasteiger partial charge in [0.25, 0.3) is 0 Å². The lowest BCUT2D eigenvalue weighted by Gasteiger charge is -2.31. The average Bonchev–Trinajstić information content (AvgIpc) is 2.94. The minimum absolute atomic E-state index is 0.0564. The number of rotatable bonds is 5. The predicted octanol–water partition coefficient (Wildman–Crippen LogP) is 1.49. The van der Waals surface area contributed by atoms with Gasteiger partial charge in [-0.05, 0) is 25.9 Å². The van der Waals surface area contributed by atoms with Gasteiger partial charge in [-0.15, -0.1) is 11.3 Å². The van der Waals surface area contributed by atoms with Crippen molar-refractivity contribution in [1.82, 2.24) is 15.2 Å². The molecule has 1 aliphatic rings. The number of anilines is 1. The van der Waals surface area contributed by atoms with Crippen LogP contribution in [0, 0.1) is 5.92 Å². The Balaban J connectivity index is 1.88. The highest BCUT2D eigenvalue weighted by Gasteiger charge is 2.22. The lowest BCUT2D eigenvalue weighted by Crippen LogP contribution is -2.44. The first-order valence-corrected chi connectivity index (χ1v) is 8.57. The zero-order valence-electron chi connectivity index (χ0n) is 13.4. The van der Waals surface area contributed by atoms with Crippen LogP contribution in [0.3, 0.4) is 0 Å². The molecule has 2 rings (SSSR count). The largest absolute Gasteiger partial charge is 0.342 e. The van der Waals surface area contributed by atoms with Gasteiger partial charge in [0, 0.05) is 24.4 Å². The summed E-state index contributed by atoms with van der Waals surface area (Å²) < 4.78 is 0. The first-order valence-electron chi connectivity index (χ1n) is 7.69. The summed E-state index contributed by atoms with van der Waals surface area (Å²) in [6.45, 7) is 5.59. The van der Waals surface area contributed by atoms with Gasteiger partial charge in [-0.25, -0.2) is 4.98 Å². The van der Waals surface area contributed by atoms with E-state index >= 15 is 0 Å². The molecule has 0 unspecified atom stereocenters. The summed E-state index contributed by atoms with van der Waals surface area (Å²) in [5, 5.41) is 8.46. The second-order valence-corrected chi connectivity index (χ2v) is 6.81. The Hall–Kier alpha value is -1.47. The number of aromatic nitrogens is 1. The lowest BCUT2D eigenvalue weighted by atomic mass is 10.0. The van der Waals surface area contributed by atoms with Crippen molar-refractivity contribution >= 4 is 28.3 Å². The summed E-state index contributed by atoms with van der Waals surface area (Å²) in [5.41, 5.74) is 0.717. The number of amides is 2. The van der Waals surface area contributed by atoms with Crippen LogP contribution in [0.5, 0.6) is 0 Å². The smallest absolute Gasteiger partial charge is 0.228 e. The highest BCUT2D eigenvalue weighted by molar-refractivity contribution is 7.13. The molecule has 1 aliphatic heterocycles. The van der Waals surface area contributed by atoms with E-state index in [0.29, 0.717) is 11.2 Å². The molecule has 1 aromatic heterocycles. The molecule has 2 N–H and O–H groups in total. The first-order chi connectivity index (χ1) is 10.5. The molecule has 6 nitrogen and oxygen atoms in total. The monoisotopic (exact) mass is 324 g/mol. The topological polar surface area (TPSA) is 74.3 Å². The number of carbonyl (C=O) groups excluding carboxylic acids is 2. The molecule has 7 heteroatoms. The van der Waals surface area contributed by atoms with Crippen LogP contribution in [-0.4, -0.2) is 47.9 Å². The molecule has 2 amide bonds. The summed E-state index contributed by atoms with van der Waals surface area (Å²) in [6, 6.07) is 0.312. The summed E-state index contributed by atoms with van der Waals surface area (Å²) in [4.78, 5) is 30.1. The molecule has 0 aliphatic carbocycles. The molecule has 0 aromatic carbocycles. The quantitative estimate of drug-likeness (QED) is 0.860. The number of nitrogens with zero attached hydrogens (tertiary/aromatic N) is 2. The molecule has 1 aromatic rings. The van der Waals surface area contributed by atoms with Gasteiger partial charge in [0.15, 0.2) is 5.13 Å². The van der Waals surface area contributed by atoms with E-state index in [4.69, 9.17) is 0 Å². The fourth-order valence-corrected chi connectivity index (χ4v) is 3.09. The number of thiazole rings is 1. The van der Waals surface area contributed by atoms with Gasteiger partial charge in [-0.3, -0.25) is 9.59 Å². The number of piperidine rings is 1. The third kappa shape index (κ3) is 4.51. The lowest BCUT2D eigenvalue weighted by molar-refractivity contribution is -0.131. The molecule has 0 spiro atoms. The molecule has 22 heavy (non-hydrogen) atoms. The van der Waals surface area contributed by atoms with Gasteiger partial charge in [0.1, 0.15) is 0 Å². The summed E-state index contributed by atoms with van der Waals surface area (Å²) in [5.74, 6) is -0.0574. The summed E-state index contributed by atoms with van der Waals surface area (Å²) >= 11 is 1.36. The number of nitrogens with one attached hydrogen (secondary N) is 2. The van der Waals surface area contributed by atoms with Crippen molar-refractivity contribution in [2.45, 2.75) is 39.2 Å². The molecule has 2 heterocycles. The Morgan fingerprint density at radius 1 is 1.45 bits per heavy atom. The Morgan fingerprint density at radius 3 is 2.77 bits per heavy atom. The molecule has 0 atom stereocenters. The van der Waals surface area contributed by atoms with Gasteiger partial charge in [-0.2, -0.15) is 0 Å². The zero-order valence-corrected chi connectivity index (χ0v) is 14.2. The Morgan fingerprint density at radius 2 is 2.14 bits per heavy atom. The van der Waals surface area contributed by atoms with E-state index < -0.39 is 0 Å². The standard InChI is InChI=1S/C15H24N4O2S/c1-10(2)14(21)18-15-17-11(9-22-15)8-13(20)19(3)12-4-6-16-7-5-12/h9-10,12,16H,4-8H2,1-3H3,(H,17,18,21). The van der Waals surface area contributed by atoms with Gasteiger partial charge in [0.2, 0.25) is 11.8 Å². The van der Waals surface area contributed by atoms with E-state index in [9.17, 15) is 9.59 Å². The van der Waals surface area contributed by atoms with Gasteiger partial charge in [0.05, 0.1) is 12.1 Å². The zero-order chi connectivity index (χ0) is 16.1. The van der Waals surface area contributed by atoms with Crippen molar-refractivity contribution in [2.75, 3.05) is 25.5 Å². The van der Waals surface area contributed by atoms with Crippen LogP contribution >= 0.6 is 11.3 Å². The van der Waals surface area contributed by atoms with Crippen molar-refractivity contribution < 1.29 is 9.59 Å². The summed E-state index contributed by atoms with van der Waals surface area (Å²) in [7, 11) is 1.87. The minimum Gasteiger partial charge on any atom is -0.342 e. The van der Waals surface area contributed by atoms with Crippen LogP contribution in [-0.2, 0) is 16.0 Å². The van der Waals surface area contributed by atoms with Crippen molar-refractivity contribution in [3.8, 4) is 0 Å². The van der Waals surface area contributed by atoms with Crippen molar-refractivity contribution in [3.05, 3.63) is 11.1 Å². The van der Waals surface area contributed by atoms with E-state index in [1.165, 1.54) is 11.3 Å². The van der Waals surface area contributed by atoms with E-state index in [2.05, 4.69) is 15.6 Å². The molecule has 0 radical (unpaired) electrons. The Labute approximate surface area is 135 Å². The van der Waals surface area contributed by atoms with Crippen LogP contribution < -0.4 is 10.6 Å². The van der Waals surface area contributed by atoms with E-state index in [0.717, 1.165) is 31.6 Å². The van der Waals surface area contributed by atoms with Crippen LogP contribution in [0.25, 0.3) is 0 Å². The van der Waals surface area contributed by atoms with Crippen molar-refractivity contribution in [3.63, 3.8) is 0 Å². The van der Waals surface area contributed by atoms with Crippen LogP contribution in [0.2, 0.25) is 0 Å². The predicted molar refractivity (Wildman–Crippen MR) is 87.9 cm³/mol. The summed E-state index contributed by atoms with van der Waals surface area (Å²) in [6.07, 6.45) is 2.28. The van der Waals surface area contributed by atoms with Crippen molar-refractivity contribution in [1.29, 1.82) is 0 Å². The van der Waals surface area contributed by atoms with Crippen LogP contribution in [0.4, 0.5) is 5.13 Å². The SMILES string of the molecule is CC(C)C(=O)Nc1nc(CC(=O)N(C)C2CCNCC2)cs1. The Bertz CT molecular complexity index is 523. The van der Waals surface area contributed by atoms with E-state index in [1.807, 2.05) is 31.2 Å². The average molecular weight is 324 g/mol. The molecule has 0 saturated carbocycles. The minimum atomic E-state index is -0.0833. The Kier molecular flexibility index (Phi) is 5.90. The molecule has 1 saturated heterocycles. The first kappa shape index (κ1) is 16.9. The van der Waals surface area contributed by atoms with E-state index in [-0.39, 0.29) is 24.2 Å². The third-order valence-electron chi connectivity index (χ3n) is 3.89. The normalized spacial score (nSPS) is 15.8. The fourth-order valence-electron chi connectivity index (χ4n) is 2.37. The number of likely N-dealkylation sites (N-methyl/N-ethyl adjacent to an activating group) is 1. The number of hydrogen-bond donors (Lipinski definition) is 2. The molecular weight excluding hydrogens is 300 g/mol. The molecule has 122 valence electrons. The number of carbonyl (C=O) groups is 2. The van der Waals surface area contributed by atoms with Gasteiger partial charge < -0.3 is 15.5 Å². The maximum absolute atomic E-state index is 12.3. The second kappa shape index (κ2) is 7.69. The van der Waals surface area contributed by atoms with Crippen molar-refractivity contribution in [2.24, 2.45) is 5.92 Å². The maximum atomic E-state index is 12.3. The highest BCUT2D eigenvalue weighted by Crippen LogP contribution is 2.18. The van der Waals surface area contributed by atoms with E-state index in [1.54, 1.807) is 0 Å². The molecule has 1 fully saturated rings. The molecular formula is C15H24N4O2S. The highest BCUT2D eigenvalue weighted by atomic mass is 32.1. The fraction of sp³-hybridized carbons (Fsp3) is 0.667. The molecule has 0 bridgehead atoms. The van der Waals surface area contributed by atoms with Crippen LogP contribution in [0.15, 0.2) is 5.38 Å². The third-order valence-corrected chi connectivity index (χ3v) is 4.69. The van der Waals surface area contributed by atoms with Crippen LogP contribution in [0.1, 0.15) is 32.4 Å². The maximum Gasteiger partial charge on any atom is 0.228 e. The van der Waals surface area contributed by atoms with Gasteiger partial charge in [-0.1, -0.05) is 13.8 Å². The van der Waals surface area contributed by atoms with Gasteiger partial charge >= 0.3 is 0 Å². The number of hydrogen-bond acceptors (Lipinski definition) is 5. The second-order valence-electron chi connectivity index (χ2n) is 5.95.